The Morgan fingerprint density at radius 3 is 2.53 bits per heavy atom. The predicted octanol–water partition coefficient (Wildman–Crippen LogP) is 3.53. The Balaban J connectivity index is 1.87. The molecule has 3 rings (SSSR count). The van der Waals surface area contributed by atoms with Gasteiger partial charge in [-0.05, 0) is 48.2 Å². The van der Waals surface area contributed by atoms with E-state index in [2.05, 4.69) is 0 Å². The zero-order valence-corrected chi connectivity index (χ0v) is 17.7. The Morgan fingerprint density at radius 1 is 1.17 bits per heavy atom. The van der Waals surface area contributed by atoms with E-state index in [0.29, 0.717) is 32.5 Å². The van der Waals surface area contributed by atoms with E-state index >= 15 is 0 Å². The molecule has 1 fully saturated rings. The highest BCUT2D eigenvalue weighted by atomic mass is 31.2. The zero-order chi connectivity index (χ0) is 21.8. The number of benzene rings is 2. The molecule has 1 aliphatic heterocycles. The summed E-state index contributed by atoms with van der Waals surface area (Å²) in [6.45, 7) is 1.22. The summed E-state index contributed by atoms with van der Waals surface area (Å²) in [5.41, 5.74) is 8.28. The standard InChI is InChI=1S/C22H28FN2O4P/c23-19-9-7-17(8-10-19)20-6-2-1-5-18(20)15-25-13-14-30(28,29)22(16-25,21(26)27)11-3-4-12-24/h1-2,5-10H,3-4,11-16,24H2,(H,26,27)(H,28,29)/t22-/m0/s1. The number of hydrogen-bond acceptors (Lipinski definition) is 4. The monoisotopic (exact) mass is 434 g/mol. The third-order valence-corrected chi connectivity index (χ3v) is 8.58. The van der Waals surface area contributed by atoms with Crippen LogP contribution in [0, 0.1) is 5.82 Å². The van der Waals surface area contributed by atoms with Gasteiger partial charge in [0.25, 0.3) is 0 Å². The van der Waals surface area contributed by atoms with E-state index in [4.69, 9.17) is 5.73 Å². The maximum atomic E-state index is 13.3. The third kappa shape index (κ3) is 4.65. The van der Waals surface area contributed by atoms with E-state index in [0.717, 1.165) is 16.7 Å². The SMILES string of the molecule is NCCCC[C@@]1(C(=O)O)CN(Cc2ccccc2-c2ccc(F)cc2)CCP1(=O)O. The number of unbranched alkanes of at least 4 members (excludes halogenated alkanes) is 1. The van der Waals surface area contributed by atoms with Gasteiger partial charge >= 0.3 is 5.97 Å². The number of aliphatic carboxylic acids is 1. The summed E-state index contributed by atoms with van der Waals surface area (Å²) in [6.07, 6.45) is 1.18. The molecule has 1 unspecified atom stereocenters. The zero-order valence-electron chi connectivity index (χ0n) is 16.8. The quantitative estimate of drug-likeness (QED) is 0.434. The van der Waals surface area contributed by atoms with Crippen LogP contribution in [0.25, 0.3) is 11.1 Å². The molecule has 0 aliphatic carbocycles. The maximum Gasteiger partial charge on any atom is 0.320 e. The third-order valence-electron chi connectivity index (χ3n) is 5.88. The van der Waals surface area contributed by atoms with Crippen molar-refractivity contribution >= 4 is 13.3 Å². The van der Waals surface area contributed by atoms with Gasteiger partial charge in [0.2, 0.25) is 7.37 Å². The number of nitrogens with two attached hydrogens (primary N) is 1. The van der Waals surface area contributed by atoms with Crippen molar-refractivity contribution in [1.29, 1.82) is 0 Å². The summed E-state index contributed by atoms with van der Waals surface area (Å²) >= 11 is 0. The largest absolute Gasteiger partial charge is 0.480 e. The molecule has 1 saturated heterocycles. The van der Waals surface area contributed by atoms with Crippen molar-refractivity contribution in [2.45, 2.75) is 31.0 Å². The Kier molecular flexibility index (Phi) is 7.09. The Labute approximate surface area is 176 Å². The predicted molar refractivity (Wildman–Crippen MR) is 115 cm³/mol. The topological polar surface area (TPSA) is 104 Å². The van der Waals surface area contributed by atoms with E-state index in [1.165, 1.54) is 12.1 Å². The van der Waals surface area contributed by atoms with Crippen molar-refractivity contribution in [2.75, 3.05) is 25.8 Å². The molecule has 0 amide bonds. The fourth-order valence-electron chi connectivity index (χ4n) is 4.14. The van der Waals surface area contributed by atoms with Crippen molar-refractivity contribution in [3.8, 4) is 11.1 Å². The van der Waals surface area contributed by atoms with Gasteiger partial charge in [-0.2, -0.15) is 0 Å². The fraction of sp³-hybridized carbons (Fsp3) is 0.409. The number of rotatable bonds is 8. The smallest absolute Gasteiger partial charge is 0.320 e. The van der Waals surface area contributed by atoms with Gasteiger partial charge in [0.1, 0.15) is 5.82 Å². The van der Waals surface area contributed by atoms with Crippen LogP contribution >= 0.6 is 7.37 Å². The van der Waals surface area contributed by atoms with Gasteiger partial charge < -0.3 is 15.7 Å². The molecule has 0 radical (unpaired) electrons. The lowest BCUT2D eigenvalue weighted by atomic mass is 9.97. The van der Waals surface area contributed by atoms with Crippen LogP contribution in [0.4, 0.5) is 4.39 Å². The second kappa shape index (κ2) is 9.40. The van der Waals surface area contributed by atoms with Crippen molar-refractivity contribution in [2.24, 2.45) is 5.73 Å². The van der Waals surface area contributed by atoms with E-state index < -0.39 is 18.5 Å². The number of carboxylic acid groups (broad SMARTS) is 1. The van der Waals surface area contributed by atoms with Gasteiger partial charge in [0.05, 0.1) is 0 Å². The van der Waals surface area contributed by atoms with Crippen molar-refractivity contribution in [3.05, 3.63) is 59.9 Å². The lowest BCUT2D eigenvalue weighted by molar-refractivity contribution is -0.141. The van der Waals surface area contributed by atoms with Gasteiger partial charge in [-0.25, -0.2) is 4.39 Å². The van der Waals surface area contributed by atoms with Crippen molar-refractivity contribution in [3.63, 3.8) is 0 Å². The first-order valence-corrected chi connectivity index (χ1v) is 12.0. The number of nitrogens with zero attached hydrogens (tertiary/aromatic N) is 1. The van der Waals surface area contributed by atoms with Crippen LogP contribution in [-0.4, -0.2) is 51.8 Å². The lowest BCUT2D eigenvalue weighted by Gasteiger charge is -2.43. The van der Waals surface area contributed by atoms with Crippen LogP contribution in [0.5, 0.6) is 0 Å². The molecule has 0 saturated carbocycles. The molecule has 2 aromatic carbocycles. The molecular formula is C22H28FN2O4P. The minimum atomic E-state index is -3.87. The van der Waals surface area contributed by atoms with Gasteiger partial charge in [-0.3, -0.25) is 14.3 Å². The normalized spacial score (nSPS) is 24.6. The first-order valence-electron chi connectivity index (χ1n) is 10.1. The van der Waals surface area contributed by atoms with Crippen LogP contribution in [0.3, 0.4) is 0 Å². The van der Waals surface area contributed by atoms with Gasteiger partial charge in [0.15, 0.2) is 5.16 Å². The maximum absolute atomic E-state index is 13.3. The highest BCUT2D eigenvalue weighted by Gasteiger charge is 2.56. The number of carbonyl (C=O) groups is 1. The minimum absolute atomic E-state index is 0.0123. The molecule has 1 aliphatic rings. The average Bonchev–Trinajstić information content (AvgIpc) is 2.71. The summed E-state index contributed by atoms with van der Waals surface area (Å²) in [4.78, 5) is 24.7. The second-order valence-electron chi connectivity index (χ2n) is 7.88. The lowest BCUT2D eigenvalue weighted by Crippen LogP contribution is -2.53. The number of carboxylic acids is 1. The van der Waals surface area contributed by atoms with Gasteiger partial charge in [0, 0.05) is 25.8 Å². The van der Waals surface area contributed by atoms with Crippen LogP contribution in [0.2, 0.25) is 0 Å². The Hall–Kier alpha value is -2.05. The van der Waals surface area contributed by atoms with Crippen LogP contribution in [-0.2, 0) is 15.9 Å². The molecule has 2 atom stereocenters. The molecule has 6 nitrogen and oxygen atoms in total. The van der Waals surface area contributed by atoms with Crippen LogP contribution in [0.15, 0.2) is 48.5 Å². The Bertz CT molecular complexity index is 937. The van der Waals surface area contributed by atoms with E-state index in [1.54, 1.807) is 12.1 Å². The summed E-state index contributed by atoms with van der Waals surface area (Å²) in [5.74, 6) is -1.53. The molecule has 162 valence electrons. The van der Waals surface area contributed by atoms with Crippen molar-refractivity contribution in [1.82, 2.24) is 4.90 Å². The highest BCUT2D eigenvalue weighted by molar-refractivity contribution is 7.61. The van der Waals surface area contributed by atoms with Gasteiger partial charge in [-0.1, -0.05) is 42.8 Å². The molecule has 0 aromatic heterocycles. The molecule has 4 N–H and O–H groups in total. The fourth-order valence-corrected chi connectivity index (χ4v) is 6.34. The minimum Gasteiger partial charge on any atom is -0.480 e. The highest BCUT2D eigenvalue weighted by Crippen LogP contribution is 2.59. The summed E-state index contributed by atoms with van der Waals surface area (Å²) < 4.78 is 26.2. The Morgan fingerprint density at radius 2 is 1.87 bits per heavy atom. The molecule has 0 bridgehead atoms. The molecule has 30 heavy (non-hydrogen) atoms. The second-order valence-corrected chi connectivity index (χ2v) is 10.6. The van der Waals surface area contributed by atoms with E-state index in [1.807, 2.05) is 29.2 Å². The summed E-state index contributed by atoms with van der Waals surface area (Å²) in [5, 5.41) is 8.27. The summed E-state index contributed by atoms with van der Waals surface area (Å²) in [6, 6.07) is 13.9. The van der Waals surface area contributed by atoms with Crippen LogP contribution in [0.1, 0.15) is 24.8 Å². The average molecular weight is 434 g/mol. The molecular weight excluding hydrogens is 406 g/mol. The molecule has 8 heteroatoms. The van der Waals surface area contributed by atoms with E-state index in [-0.39, 0.29) is 24.9 Å². The first-order chi connectivity index (χ1) is 14.3. The van der Waals surface area contributed by atoms with Crippen molar-refractivity contribution < 1.29 is 23.7 Å². The number of halogens is 1. The molecule has 0 spiro atoms. The van der Waals surface area contributed by atoms with Crippen LogP contribution < -0.4 is 5.73 Å². The molecule has 2 aromatic rings. The first kappa shape index (κ1) is 22.6. The summed E-state index contributed by atoms with van der Waals surface area (Å²) in [7, 11) is -3.87. The van der Waals surface area contributed by atoms with E-state index in [9.17, 15) is 23.7 Å². The number of hydrogen-bond donors (Lipinski definition) is 3. The van der Waals surface area contributed by atoms with Gasteiger partial charge in [-0.15, -0.1) is 0 Å². The molecule has 1 heterocycles.